The molecule has 2 aromatic rings. The number of anilines is 1. The van der Waals surface area contributed by atoms with Crippen LogP contribution in [0.4, 0.5) is 9.93 Å². The van der Waals surface area contributed by atoms with E-state index in [0.29, 0.717) is 10.7 Å². The van der Waals surface area contributed by atoms with Crippen LogP contribution in [-0.2, 0) is 16.0 Å². The second-order valence-corrected chi connectivity index (χ2v) is 6.18. The highest BCUT2D eigenvalue weighted by molar-refractivity contribution is 7.15. The lowest BCUT2D eigenvalue weighted by atomic mass is 10.1. The van der Waals surface area contributed by atoms with Crippen molar-refractivity contribution in [1.82, 2.24) is 20.4 Å². The molecule has 0 spiro atoms. The number of hydrogen-bond donors (Lipinski definition) is 2. The van der Waals surface area contributed by atoms with Crippen LogP contribution in [0.25, 0.3) is 0 Å². The van der Waals surface area contributed by atoms with E-state index in [0.717, 1.165) is 16.3 Å². The molecule has 1 aliphatic rings. The maximum atomic E-state index is 12.4. The highest BCUT2D eigenvalue weighted by Crippen LogP contribution is 2.22. The number of aryl methyl sites for hydroxylation is 1. The van der Waals surface area contributed by atoms with Crippen LogP contribution in [0.5, 0.6) is 0 Å². The molecule has 124 valence electrons. The summed E-state index contributed by atoms with van der Waals surface area (Å²) in [4.78, 5) is 37.3. The summed E-state index contributed by atoms with van der Waals surface area (Å²) >= 11 is 1.26. The summed E-state index contributed by atoms with van der Waals surface area (Å²) in [5.41, 5.74) is 0.676. The van der Waals surface area contributed by atoms with Gasteiger partial charge >= 0.3 is 6.03 Å². The van der Waals surface area contributed by atoms with Gasteiger partial charge in [0.05, 0.1) is 0 Å². The van der Waals surface area contributed by atoms with Crippen LogP contribution in [0.2, 0.25) is 0 Å². The molecule has 1 saturated heterocycles. The number of hydrogen-bond acceptors (Lipinski definition) is 6. The summed E-state index contributed by atoms with van der Waals surface area (Å²) in [5.74, 6) is -0.945. The van der Waals surface area contributed by atoms with Crippen LogP contribution >= 0.6 is 11.3 Å². The molecule has 0 bridgehead atoms. The van der Waals surface area contributed by atoms with Gasteiger partial charge in [-0.15, -0.1) is 10.2 Å². The zero-order valence-electron chi connectivity index (χ0n) is 12.9. The minimum Gasteiger partial charge on any atom is -0.322 e. The molecule has 8 nitrogen and oxygen atoms in total. The Bertz CT molecular complexity index is 776. The number of amides is 4. The van der Waals surface area contributed by atoms with Crippen molar-refractivity contribution >= 4 is 34.3 Å². The molecule has 0 aliphatic carbocycles. The van der Waals surface area contributed by atoms with Gasteiger partial charge in [-0.25, -0.2) is 4.79 Å². The Morgan fingerprint density at radius 1 is 1.29 bits per heavy atom. The number of imide groups is 1. The van der Waals surface area contributed by atoms with Gasteiger partial charge in [-0.3, -0.25) is 19.8 Å². The summed E-state index contributed by atoms with van der Waals surface area (Å²) in [7, 11) is 0. The monoisotopic (exact) mass is 345 g/mol. The maximum Gasteiger partial charge on any atom is 0.325 e. The molecule has 1 atom stereocenters. The highest BCUT2D eigenvalue weighted by Gasteiger charge is 2.39. The van der Waals surface area contributed by atoms with Crippen LogP contribution in [0.1, 0.15) is 23.5 Å². The molecule has 0 saturated carbocycles. The van der Waals surface area contributed by atoms with E-state index >= 15 is 0 Å². The summed E-state index contributed by atoms with van der Waals surface area (Å²) in [6.07, 6.45) is 0.722. The van der Waals surface area contributed by atoms with E-state index in [4.69, 9.17) is 0 Å². The van der Waals surface area contributed by atoms with Crippen molar-refractivity contribution in [1.29, 1.82) is 0 Å². The molecule has 1 aromatic heterocycles. The first-order valence-electron chi connectivity index (χ1n) is 7.37. The number of nitrogens with one attached hydrogen (secondary N) is 2. The average molecular weight is 345 g/mol. The van der Waals surface area contributed by atoms with Gasteiger partial charge in [0.1, 0.15) is 17.6 Å². The zero-order chi connectivity index (χ0) is 17.1. The number of carbonyl (C=O) groups is 3. The molecule has 3 rings (SSSR count). The lowest BCUT2D eigenvalue weighted by Gasteiger charge is -2.12. The van der Waals surface area contributed by atoms with E-state index in [9.17, 15) is 14.4 Å². The standard InChI is InChI=1S/C15H15N5O3S/c1-2-11-18-19-14(24-11)16-10(21)8-20-13(22)12(17-15(20)23)9-6-4-3-5-7-9/h3-7,12H,2,8H2,1H3,(H,17,23)(H,16,19,21). The first-order valence-corrected chi connectivity index (χ1v) is 8.19. The van der Waals surface area contributed by atoms with E-state index in [2.05, 4.69) is 20.8 Å². The lowest BCUT2D eigenvalue weighted by molar-refractivity contribution is -0.130. The second kappa shape index (κ2) is 6.75. The normalized spacial score (nSPS) is 17.0. The van der Waals surface area contributed by atoms with Crippen molar-refractivity contribution in [3.05, 3.63) is 40.9 Å². The Labute approximate surface area is 141 Å². The average Bonchev–Trinajstić information content (AvgIpc) is 3.15. The predicted molar refractivity (Wildman–Crippen MR) is 87.3 cm³/mol. The molecule has 1 fully saturated rings. The van der Waals surface area contributed by atoms with Gasteiger partial charge in [0.25, 0.3) is 5.91 Å². The molecule has 4 amide bonds. The Hall–Kier alpha value is -2.81. The largest absolute Gasteiger partial charge is 0.325 e. The SMILES string of the molecule is CCc1nnc(NC(=O)CN2C(=O)NC(c3ccccc3)C2=O)s1. The van der Waals surface area contributed by atoms with E-state index in [-0.39, 0.29) is 6.54 Å². The number of carbonyl (C=O) groups excluding carboxylic acids is 3. The minimum atomic E-state index is -0.764. The molecule has 1 aliphatic heterocycles. The van der Waals surface area contributed by atoms with Crippen molar-refractivity contribution in [3.8, 4) is 0 Å². The Kier molecular flexibility index (Phi) is 4.52. The van der Waals surface area contributed by atoms with Crippen LogP contribution in [0.15, 0.2) is 30.3 Å². The van der Waals surface area contributed by atoms with Gasteiger partial charge in [-0.2, -0.15) is 0 Å². The fourth-order valence-electron chi connectivity index (χ4n) is 2.29. The third-order valence-electron chi connectivity index (χ3n) is 3.48. The molecular formula is C15H15N5O3S. The first-order chi connectivity index (χ1) is 11.6. The predicted octanol–water partition coefficient (Wildman–Crippen LogP) is 1.33. The first kappa shape index (κ1) is 16.1. The second-order valence-electron chi connectivity index (χ2n) is 5.12. The third-order valence-corrected chi connectivity index (χ3v) is 4.46. The number of rotatable bonds is 5. The van der Waals surface area contributed by atoms with Gasteiger partial charge in [0.15, 0.2) is 0 Å². The summed E-state index contributed by atoms with van der Waals surface area (Å²) in [6.45, 7) is 1.57. The van der Waals surface area contributed by atoms with Gasteiger partial charge in [-0.05, 0) is 12.0 Å². The van der Waals surface area contributed by atoms with Crippen LogP contribution in [0.3, 0.4) is 0 Å². The Morgan fingerprint density at radius 2 is 2.04 bits per heavy atom. The summed E-state index contributed by atoms with van der Waals surface area (Å²) < 4.78 is 0. The van der Waals surface area contributed by atoms with Crippen LogP contribution in [0, 0.1) is 0 Å². The third kappa shape index (κ3) is 3.25. The van der Waals surface area contributed by atoms with Gasteiger partial charge in [0.2, 0.25) is 11.0 Å². The quantitative estimate of drug-likeness (QED) is 0.796. The molecule has 2 heterocycles. The molecule has 1 unspecified atom stereocenters. The Balaban J connectivity index is 1.65. The summed E-state index contributed by atoms with van der Waals surface area (Å²) in [6, 6.07) is 7.54. The topological polar surface area (TPSA) is 104 Å². The number of urea groups is 1. The molecule has 2 N–H and O–H groups in total. The molecular weight excluding hydrogens is 330 g/mol. The van der Waals surface area contributed by atoms with Crippen molar-refractivity contribution in [2.45, 2.75) is 19.4 Å². The van der Waals surface area contributed by atoms with Crippen molar-refractivity contribution in [2.24, 2.45) is 0 Å². The van der Waals surface area contributed by atoms with E-state index in [1.54, 1.807) is 24.3 Å². The van der Waals surface area contributed by atoms with Gasteiger partial charge < -0.3 is 5.32 Å². The van der Waals surface area contributed by atoms with Gasteiger partial charge in [-0.1, -0.05) is 48.6 Å². The van der Waals surface area contributed by atoms with Crippen molar-refractivity contribution in [2.75, 3.05) is 11.9 Å². The minimum absolute atomic E-state index is 0.350. The molecule has 0 radical (unpaired) electrons. The van der Waals surface area contributed by atoms with Gasteiger partial charge in [0, 0.05) is 0 Å². The zero-order valence-corrected chi connectivity index (χ0v) is 13.7. The van der Waals surface area contributed by atoms with Crippen LogP contribution < -0.4 is 10.6 Å². The maximum absolute atomic E-state index is 12.4. The van der Waals surface area contributed by atoms with Crippen LogP contribution in [-0.4, -0.2) is 39.5 Å². The van der Waals surface area contributed by atoms with Crippen molar-refractivity contribution < 1.29 is 14.4 Å². The Morgan fingerprint density at radius 3 is 2.71 bits per heavy atom. The number of aromatic nitrogens is 2. The fourth-order valence-corrected chi connectivity index (χ4v) is 2.99. The van der Waals surface area contributed by atoms with E-state index in [1.165, 1.54) is 11.3 Å². The number of benzene rings is 1. The lowest BCUT2D eigenvalue weighted by Crippen LogP contribution is -2.38. The van der Waals surface area contributed by atoms with E-state index in [1.807, 2.05) is 13.0 Å². The van der Waals surface area contributed by atoms with Crippen molar-refractivity contribution in [3.63, 3.8) is 0 Å². The molecule has 1 aromatic carbocycles. The fraction of sp³-hybridized carbons (Fsp3) is 0.267. The number of nitrogens with zero attached hydrogens (tertiary/aromatic N) is 3. The highest BCUT2D eigenvalue weighted by atomic mass is 32.1. The molecule has 9 heteroatoms. The molecule has 24 heavy (non-hydrogen) atoms. The summed E-state index contributed by atoms with van der Waals surface area (Å²) in [5, 5.41) is 14.0. The smallest absolute Gasteiger partial charge is 0.322 e. The van der Waals surface area contributed by atoms with E-state index < -0.39 is 23.9 Å².